The molecule has 0 aromatic carbocycles. The summed E-state index contributed by atoms with van der Waals surface area (Å²) in [5.41, 5.74) is 0. The van der Waals surface area contributed by atoms with Gasteiger partial charge in [-0.25, -0.2) is 0 Å². The molecule has 2 rings (SSSR count). The third-order valence-corrected chi connectivity index (χ3v) is 2.91. The smallest absolute Gasteiger partial charge is 0.321 e. The van der Waals surface area contributed by atoms with Crippen LogP contribution in [0, 0.1) is 11.8 Å². The molecular formula is C9H13NO2. The Labute approximate surface area is 71.5 Å². The molecule has 3 heteroatoms. The summed E-state index contributed by atoms with van der Waals surface area (Å²) in [4.78, 5) is 10.8. The SMILES string of the molecule is O=C(O)[C@H]1NC[C@@H]2CC=CCC21. The number of nitrogens with one attached hydrogen (secondary N) is 1. The summed E-state index contributed by atoms with van der Waals surface area (Å²) in [5.74, 6) is 0.182. The van der Waals surface area contributed by atoms with Gasteiger partial charge >= 0.3 is 5.97 Å². The molecule has 0 aromatic heterocycles. The minimum Gasteiger partial charge on any atom is -0.480 e. The van der Waals surface area contributed by atoms with E-state index in [9.17, 15) is 4.79 Å². The van der Waals surface area contributed by atoms with Gasteiger partial charge in [0.2, 0.25) is 0 Å². The molecule has 2 aliphatic rings. The molecule has 66 valence electrons. The lowest BCUT2D eigenvalue weighted by atomic mass is 9.82. The predicted octanol–water partition coefficient (Wildman–Crippen LogP) is 0.625. The van der Waals surface area contributed by atoms with Gasteiger partial charge in [-0.05, 0) is 31.2 Å². The van der Waals surface area contributed by atoms with Crippen LogP contribution in [-0.2, 0) is 4.79 Å². The first-order chi connectivity index (χ1) is 5.79. The van der Waals surface area contributed by atoms with Crippen LogP contribution in [0.3, 0.4) is 0 Å². The molecule has 2 N–H and O–H groups in total. The van der Waals surface area contributed by atoms with Crippen LogP contribution in [0.15, 0.2) is 12.2 Å². The van der Waals surface area contributed by atoms with E-state index in [-0.39, 0.29) is 6.04 Å². The second-order valence-electron chi connectivity index (χ2n) is 3.59. The zero-order chi connectivity index (χ0) is 8.55. The van der Waals surface area contributed by atoms with Crippen molar-refractivity contribution >= 4 is 5.97 Å². The fourth-order valence-corrected chi connectivity index (χ4v) is 2.23. The van der Waals surface area contributed by atoms with Crippen LogP contribution < -0.4 is 5.32 Å². The van der Waals surface area contributed by atoms with E-state index in [2.05, 4.69) is 17.5 Å². The number of hydrogen-bond acceptors (Lipinski definition) is 2. The molecule has 1 aliphatic heterocycles. The zero-order valence-corrected chi connectivity index (χ0v) is 6.86. The number of fused-ring (bicyclic) bond motifs is 1. The van der Waals surface area contributed by atoms with Crippen molar-refractivity contribution in [3.05, 3.63) is 12.2 Å². The highest BCUT2D eigenvalue weighted by Gasteiger charge is 2.39. The molecule has 0 aromatic rings. The standard InChI is InChI=1S/C9H13NO2/c11-9(12)8-7-4-2-1-3-6(7)5-10-8/h1-2,6-8,10H,3-5H2,(H,11,12)/t6-,7?,8-/m0/s1. The number of carboxylic acid groups (broad SMARTS) is 1. The number of carbonyl (C=O) groups is 1. The number of allylic oxidation sites excluding steroid dienone is 2. The highest BCUT2D eigenvalue weighted by atomic mass is 16.4. The summed E-state index contributed by atoms with van der Waals surface area (Å²) in [7, 11) is 0. The molecular weight excluding hydrogens is 154 g/mol. The molecule has 1 unspecified atom stereocenters. The van der Waals surface area contributed by atoms with Crippen LogP contribution in [0.4, 0.5) is 0 Å². The molecule has 0 radical (unpaired) electrons. The summed E-state index contributed by atoms with van der Waals surface area (Å²) in [6.07, 6.45) is 6.23. The van der Waals surface area contributed by atoms with Gasteiger partial charge in [-0.1, -0.05) is 12.2 Å². The van der Waals surface area contributed by atoms with Crippen LogP contribution in [0.2, 0.25) is 0 Å². The molecule has 12 heavy (non-hydrogen) atoms. The van der Waals surface area contributed by atoms with Crippen molar-refractivity contribution in [2.45, 2.75) is 18.9 Å². The van der Waals surface area contributed by atoms with Gasteiger partial charge < -0.3 is 10.4 Å². The Kier molecular flexibility index (Phi) is 1.89. The lowest BCUT2D eigenvalue weighted by Gasteiger charge is -2.22. The van der Waals surface area contributed by atoms with Crippen LogP contribution in [0.25, 0.3) is 0 Å². The minimum absolute atomic E-state index is 0.306. The maximum atomic E-state index is 10.8. The normalized spacial score (nSPS) is 39.5. The molecule has 0 saturated carbocycles. The Bertz CT molecular complexity index is 225. The zero-order valence-electron chi connectivity index (χ0n) is 6.86. The largest absolute Gasteiger partial charge is 0.480 e. The first kappa shape index (κ1) is 7.80. The molecule has 0 amide bonds. The summed E-state index contributed by atoms with van der Waals surface area (Å²) < 4.78 is 0. The van der Waals surface area contributed by atoms with E-state index in [0.29, 0.717) is 11.8 Å². The Morgan fingerprint density at radius 2 is 2.17 bits per heavy atom. The Balaban J connectivity index is 2.11. The third kappa shape index (κ3) is 1.14. The molecule has 1 saturated heterocycles. The summed E-state index contributed by atoms with van der Waals surface area (Å²) >= 11 is 0. The van der Waals surface area contributed by atoms with E-state index in [1.807, 2.05) is 0 Å². The van der Waals surface area contributed by atoms with Crippen LogP contribution >= 0.6 is 0 Å². The van der Waals surface area contributed by atoms with E-state index in [0.717, 1.165) is 19.4 Å². The van der Waals surface area contributed by atoms with Gasteiger partial charge in [0.1, 0.15) is 6.04 Å². The van der Waals surface area contributed by atoms with Crippen molar-refractivity contribution in [2.75, 3.05) is 6.54 Å². The molecule has 3 atom stereocenters. The summed E-state index contributed by atoms with van der Waals surface area (Å²) in [5, 5.41) is 11.9. The molecule has 1 aliphatic carbocycles. The lowest BCUT2D eigenvalue weighted by molar-refractivity contribution is -0.140. The Morgan fingerprint density at radius 1 is 1.42 bits per heavy atom. The predicted molar refractivity (Wildman–Crippen MR) is 44.8 cm³/mol. The van der Waals surface area contributed by atoms with E-state index < -0.39 is 5.97 Å². The first-order valence-electron chi connectivity index (χ1n) is 4.40. The second-order valence-corrected chi connectivity index (χ2v) is 3.59. The van der Waals surface area contributed by atoms with Gasteiger partial charge in [0.15, 0.2) is 0 Å². The second kappa shape index (κ2) is 2.90. The van der Waals surface area contributed by atoms with E-state index in [4.69, 9.17) is 5.11 Å². The van der Waals surface area contributed by atoms with Gasteiger partial charge in [0.05, 0.1) is 0 Å². The maximum Gasteiger partial charge on any atom is 0.321 e. The number of hydrogen-bond donors (Lipinski definition) is 2. The third-order valence-electron chi connectivity index (χ3n) is 2.91. The quantitative estimate of drug-likeness (QED) is 0.563. The topological polar surface area (TPSA) is 49.3 Å². The van der Waals surface area contributed by atoms with Gasteiger partial charge in [-0.2, -0.15) is 0 Å². The average molecular weight is 167 g/mol. The Morgan fingerprint density at radius 3 is 2.92 bits per heavy atom. The molecule has 0 spiro atoms. The molecule has 3 nitrogen and oxygen atoms in total. The Hall–Kier alpha value is -0.830. The van der Waals surface area contributed by atoms with Crippen molar-refractivity contribution in [1.82, 2.24) is 5.32 Å². The van der Waals surface area contributed by atoms with E-state index in [1.165, 1.54) is 0 Å². The fourth-order valence-electron chi connectivity index (χ4n) is 2.23. The summed E-state index contributed by atoms with van der Waals surface area (Å²) in [6.45, 7) is 0.867. The summed E-state index contributed by atoms with van der Waals surface area (Å²) in [6, 6.07) is -0.306. The average Bonchev–Trinajstić information content (AvgIpc) is 2.47. The number of carboxylic acids is 1. The minimum atomic E-state index is -0.696. The van der Waals surface area contributed by atoms with E-state index >= 15 is 0 Å². The highest BCUT2D eigenvalue weighted by Crippen LogP contribution is 2.32. The van der Waals surface area contributed by atoms with Gasteiger partial charge in [0.25, 0.3) is 0 Å². The number of aliphatic carboxylic acids is 1. The number of rotatable bonds is 1. The van der Waals surface area contributed by atoms with Crippen LogP contribution in [0.1, 0.15) is 12.8 Å². The van der Waals surface area contributed by atoms with Crippen LogP contribution in [-0.4, -0.2) is 23.7 Å². The first-order valence-corrected chi connectivity index (χ1v) is 4.40. The molecule has 1 fully saturated rings. The molecule has 1 heterocycles. The van der Waals surface area contributed by atoms with Gasteiger partial charge in [0, 0.05) is 0 Å². The fraction of sp³-hybridized carbons (Fsp3) is 0.667. The highest BCUT2D eigenvalue weighted by molar-refractivity contribution is 5.74. The van der Waals surface area contributed by atoms with Crippen LogP contribution in [0.5, 0.6) is 0 Å². The lowest BCUT2D eigenvalue weighted by Crippen LogP contribution is -2.35. The van der Waals surface area contributed by atoms with Gasteiger partial charge in [-0.3, -0.25) is 4.79 Å². The van der Waals surface area contributed by atoms with Crippen molar-refractivity contribution in [3.63, 3.8) is 0 Å². The van der Waals surface area contributed by atoms with E-state index in [1.54, 1.807) is 0 Å². The van der Waals surface area contributed by atoms with Crippen molar-refractivity contribution in [2.24, 2.45) is 11.8 Å². The molecule has 0 bridgehead atoms. The van der Waals surface area contributed by atoms with Crippen molar-refractivity contribution < 1.29 is 9.90 Å². The van der Waals surface area contributed by atoms with Crippen molar-refractivity contribution in [1.29, 1.82) is 0 Å². The van der Waals surface area contributed by atoms with Gasteiger partial charge in [-0.15, -0.1) is 0 Å². The monoisotopic (exact) mass is 167 g/mol. The van der Waals surface area contributed by atoms with Crippen molar-refractivity contribution in [3.8, 4) is 0 Å². The maximum absolute atomic E-state index is 10.8.